The van der Waals surface area contributed by atoms with Crippen LogP contribution in [0, 0.1) is 0 Å². The van der Waals surface area contributed by atoms with E-state index in [0.29, 0.717) is 0 Å². The molecule has 2 nitrogen and oxygen atoms in total. The minimum Gasteiger partial charge on any atom is -0.506 e. The molecular formula is C6H9NO. The molecule has 2 heteroatoms. The van der Waals surface area contributed by atoms with Gasteiger partial charge in [-0.3, -0.25) is 4.98 Å². The summed E-state index contributed by atoms with van der Waals surface area (Å²) in [6.45, 7) is 0. The van der Waals surface area contributed by atoms with Gasteiger partial charge < -0.3 is 5.11 Å². The molecule has 8 heavy (non-hydrogen) atoms. The lowest BCUT2D eigenvalue weighted by atomic mass is 10.5. The number of aromatic hydroxyl groups is 1. The van der Waals surface area contributed by atoms with Crippen LogP contribution in [-0.2, 0) is 0 Å². The Hall–Kier alpha value is -1.05. The van der Waals surface area contributed by atoms with Gasteiger partial charge in [0.2, 0.25) is 0 Å². The Kier molecular flexibility index (Phi) is 2.62. The minimum atomic E-state index is 0. The number of aromatic nitrogens is 1. The summed E-state index contributed by atoms with van der Waals surface area (Å²) < 4.78 is 0. The maximum Gasteiger partial charge on any atom is 0.133 e. The zero-order valence-corrected chi connectivity index (χ0v) is 3.70. The minimum absolute atomic E-state index is 0. The lowest BCUT2D eigenvalue weighted by Crippen LogP contribution is -1.64. The molecule has 0 aliphatic carbocycles. The van der Waals surface area contributed by atoms with Crippen molar-refractivity contribution < 1.29 is 5.11 Å². The van der Waals surface area contributed by atoms with Gasteiger partial charge in [0.1, 0.15) is 5.75 Å². The fraction of sp³-hybridized carbons (Fsp3) is 0.167. The second-order valence-corrected chi connectivity index (χ2v) is 1.21. The fourth-order valence-electron chi connectivity index (χ4n) is 0.354. The summed E-state index contributed by atoms with van der Waals surface area (Å²) in [6, 6.07) is 3.25. The van der Waals surface area contributed by atoms with Gasteiger partial charge in [-0.05, 0) is 12.1 Å². The summed E-state index contributed by atoms with van der Waals surface area (Å²) in [6.07, 6.45) is 3.00. The molecule has 0 radical (unpaired) electrons. The van der Waals surface area contributed by atoms with Crippen LogP contribution in [0.3, 0.4) is 0 Å². The molecule has 0 aliphatic rings. The average molecular weight is 111 g/mol. The summed E-state index contributed by atoms with van der Waals surface area (Å²) >= 11 is 0. The molecule has 0 saturated heterocycles. The molecule has 1 N–H and O–H groups in total. The maximum atomic E-state index is 8.57. The fourth-order valence-corrected chi connectivity index (χ4v) is 0.354. The zero-order valence-electron chi connectivity index (χ0n) is 3.70. The summed E-state index contributed by atoms with van der Waals surface area (Å²) in [5.74, 6) is 0.211. The smallest absolute Gasteiger partial charge is 0.133 e. The van der Waals surface area contributed by atoms with Gasteiger partial charge in [0.25, 0.3) is 0 Å². The largest absolute Gasteiger partial charge is 0.506 e. The highest BCUT2D eigenvalue weighted by molar-refractivity contribution is 5.12. The van der Waals surface area contributed by atoms with Gasteiger partial charge in [0.15, 0.2) is 0 Å². The third kappa shape index (κ3) is 1.60. The number of rotatable bonds is 0. The van der Waals surface area contributed by atoms with Gasteiger partial charge in [-0.2, -0.15) is 0 Å². The lowest BCUT2D eigenvalue weighted by molar-refractivity contribution is 0.472. The van der Waals surface area contributed by atoms with Gasteiger partial charge in [0, 0.05) is 6.20 Å². The third-order valence-corrected chi connectivity index (χ3v) is 0.646. The van der Waals surface area contributed by atoms with Gasteiger partial charge in [-0.15, -0.1) is 0 Å². The predicted molar refractivity (Wildman–Crippen MR) is 32.6 cm³/mol. The Morgan fingerprint density at radius 2 is 2.25 bits per heavy atom. The van der Waals surface area contributed by atoms with Crippen molar-refractivity contribution in [2.45, 2.75) is 7.43 Å². The van der Waals surface area contributed by atoms with Crippen molar-refractivity contribution in [2.24, 2.45) is 0 Å². The topological polar surface area (TPSA) is 33.1 Å². The van der Waals surface area contributed by atoms with Crippen LogP contribution < -0.4 is 0 Å². The van der Waals surface area contributed by atoms with Crippen molar-refractivity contribution >= 4 is 0 Å². The molecule has 1 rings (SSSR count). The number of nitrogens with zero attached hydrogens (tertiary/aromatic N) is 1. The van der Waals surface area contributed by atoms with Crippen LogP contribution in [0.1, 0.15) is 7.43 Å². The van der Waals surface area contributed by atoms with E-state index in [1.807, 2.05) is 0 Å². The quantitative estimate of drug-likeness (QED) is 0.549. The van der Waals surface area contributed by atoms with E-state index < -0.39 is 0 Å². The molecule has 0 amide bonds. The van der Waals surface area contributed by atoms with Crippen LogP contribution >= 0.6 is 0 Å². The van der Waals surface area contributed by atoms with Crippen molar-refractivity contribution in [1.29, 1.82) is 0 Å². The van der Waals surface area contributed by atoms with Crippen molar-refractivity contribution in [2.75, 3.05) is 0 Å². The van der Waals surface area contributed by atoms with Gasteiger partial charge >= 0.3 is 0 Å². The third-order valence-electron chi connectivity index (χ3n) is 0.646. The Bertz CT molecular complexity index is 138. The van der Waals surface area contributed by atoms with Crippen LogP contribution in [0.4, 0.5) is 0 Å². The van der Waals surface area contributed by atoms with Crippen LogP contribution in [-0.4, -0.2) is 10.1 Å². The highest BCUT2D eigenvalue weighted by atomic mass is 16.3. The number of pyridine rings is 1. The van der Waals surface area contributed by atoms with Crippen molar-refractivity contribution in [1.82, 2.24) is 4.98 Å². The van der Waals surface area contributed by atoms with E-state index in [1.165, 1.54) is 6.20 Å². The molecular weight excluding hydrogens is 102 g/mol. The first kappa shape index (κ1) is 6.95. The molecule has 0 spiro atoms. The van der Waals surface area contributed by atoms with E-state index in [9.17, 15) is 0 Å². The van der Waals surface area contributed by atoms with E-state index in [2.05, 4.69) is 4.98 Å². The predicted octanol–water partition coefficient (Wildman–Crippen LogP) is 1.42. The lowest BCUT2D eigenvalue weighted by Gasteiger charge is -1.81. The Balaban J connectivity index is 0.000000490. The van der Waals surface area contributed by atoms with Crippen LogP contribution in [0.15, 0.2) is 24.5 Å². The van der Waals surface area contributed by atoms with Crippen LogP contribution in [0.5, 0.6) is 5.75 Å². The van der Waals surface area contributed by atoms with Crippen molar-refractivity contribution in [3.63, 3.8) is 0 Å². The Morgan fingerprint density at radius 3 is 2.50 bits per heavy atom. The van der Waals surface area contributed by atoms with E-state index in [4.69, 9.17) is 5.11 Å². The Morgan fingerprint density at radius 1 is 1.50 bits per heavy atom. The van der Waals surface area contributed by atoms with Crippen LogP contribution in [0.2, 0.25) is 0 Å². The van der Waals surface area contributed by atoms with E-state index in [0.717, 1.165) is 0 Å². The summed E-state index contributed by atoms with van der Waals surface area (Å²) in [4.78, 5) is 3.63. The van der Waals surface area contributed by atoms with E-state index in [1.54, 1.807) is 18.3 Å². The van der Waals surface area contributed by atoms with Gasteiger partial charge in [-0.1, -0.05) is 7.43 Å². The number of hydrogen-bond donors (Lipinski definition) is 1. The molecule has 0 aromatic carbocycles. The van der Waals surface area contributed by atoms with Gasteiger partial charge in [0.05, 0.1) is 6.20 Å². The molecule has 0 saturated carbocycles. The van der Waals surface area contributed by atoms with E-state index in [-0.39, 0.29) is 13.2 Å². The molecule has 44 valence electrons. The van der Waals surface area contributed by atoms with Gasteiger partial charge in [-0.25, -0.2) is 0 Å². The molecule has 1 aromatic heterocycles. The molecule has 0 unspecified atom stereocenters. The van der Waals surface area contributed by atoms with Crippen LogP contribution in [0.25, 0.3) is 0 Å². The molecule has 1 aromatic rings. The molecule has 0 aliphatic heterocycles. The normalized spacial score (nSPS) is 7.50. The zero-order chi connectivity index (χ0) is 5.11. The second-order valence-electron chi connectivity index (χ2n) is 1.21. The summed E-state index contributed by atoms with van der Waals surface area (Å²) in [7, 11) is 0. The molecule has 0 atom stereocenters. The highest BCUT2D eigenvalue weighted by Crippen LogP contribution is 1.99. The SMILES string of the molecule is C.Oc1cccnc1. The Labute approximate surface area is 48.8 Å². The summed E-state index contributed by atoms with van der Waals surface area (Å²) in [5.41, 5.74) is 0. The van der Waals surface area contributed by atoms with Crippen molar-refractivity contribution in [3.05, 3.63) is 24.5 Å². The molecule has 1 heterocycles. The first-order valence-electron chi connectivity index (χ1n) is 1.98. The second kappa shape index (κ2) is 3.02. The highest BCUT2D eigenvalue weighted by Gasteiger charge is 1.76. The number of hydrogen-bond acceptors (Lipinski definition) is 2. The van der Waals surface area contributed by atoms with E-state index >= 15 is 0 Å². The average Bonchev–Trinajstić information content (AvgIpc) is 1.69. The first-order valence-corrected chi connectivity index (χ1v) is 1.98. The standard InChI is InChI=1S/C5H5NO.CH4/c7-5-2-1-3-6-4-5;/h1-4,7H;1H4. The van der Waals surface area contributed by atoms with Crippen molar-refractivity contribution in [3.8, 4) is 5.75 Å². The molecule has 0 fully saturated rings. The first-order chi connectivity index (χ1) is 3.39. The maximum absolute atomic E-state index is 8.57. The molecule has 0 bridgehead atoms. The summed E-state index contributed by atoms with van der Waals surface area (Å²) in [5, 5.41) is 8.57. The monoisotopic (exact) mass is 111 g/mol.